The predicted octanol–water partition coefficient (Wildman–Crippen LogP) is 1.68. The maximum Gasteiger partial charge on any atom is 0.310 e. The first kappa shape index (κ1) is 14.8. The Morgan fingerprint density at radius 3 is 2.43 bits per heavy atom. The SMILES string of the molecule is Cc1nc(COC(=O)Cc2ccc(C(N)=O)cc2)oc1C. The number of primary amides is 1. The van der Waals surface area contributed by atoms with Crippen molar-refractivity contribution in [2.75, 3.05) is 0 Å². The van der Waals surface area contributed by atoms with Crippen molar-refractivity contribution >= 4 is 11.9 Å². The summed E-state index contributed by atoms with van der Waals surface area (Å²) in [5.41, 5.74) is 7.07. The van der Waals surface area contributed by atoms with Gasteiger partial charge in [-0.3, -0.25) is 9.59 Å². The second kappa shape index (κ2) is 6.21. The van der Waals surface area contributed by atoms with Crippen molar-refractivity contribution in [3.8, 4) is 0 Å². The number of benzene rings is 1. The number of oxazole rings is 1. The quantitative estimate of drug-likeness (QED) is 0.844. The maximum absolute atomic E-state index is 11.7. The first-order valence-corrected chi connectivity index (χ1v) is 6.43. The van der Waals surface area contributed by atoms with Crippen LogP contribution in [0.3, 0.4) is 0 Å². The average molecular weight is 288 g/mol. The summed E-state index contributed by atoms with van der Waals surface area (Å²) in [7, 11) is 0. The first-order valence-electron chi connectivity index (χ1n) is 6.43. The van der Waals surface area contributed by atoms with E-state index in [4.69, 9.17) is 14.9 Å². The van der Waals surface area contributed by atoms with Crippen LogP contribution >= 0.6 is 0 Å². The number of nitrogens with two attached hydrogens (primary N) is 1. The molecular weight excluding hydrogens is 272 g/mol. The van der Waals surface area contributed by atoms with E-state index in [1.54, 1.807) is 31.2 Å². The highest BCUT2D eigenvalue weighted by molar-refractivity contribution is 5.92. The van der Waals surface area contributed by atoms with Gasteiger partial charge < -0.3 is 14.9 Å². The molecule has 6 nitrogen and oxygen atoms in total. The number of esters is 1. The highest BCUT2D eigenvalue weighted by atomic mass is 16.5. The first-order chi connectivity index (χ1) is 9.95. The molecule has 0 spiro atoms. The summed E-state index contributed by atoms with van der Waals surface area (Å²) in [4.78, 5) is 26.8. The van der Waals surface area contributed by atoms with Gasteiger partial charge in [0.15, 0.2) is 6.61 Å². The Morgan fingerprint density at radius 1 is 1.24 bits per heavy atom. The van der Waals surface area contributed by atoms with Crippen LogP contribution in [0.15, 0.2) is 28.7 Å². The number of hydrogen-bond donors (Lipinski definition) is 1. The highest BCUT2D eigenvalue weighted by Gasteiger charge is 2.10. The number of carbonyl (C=O) groups is 2. The van der Waals surface area contributed by atoms with Crippen molar-refractivity contribution in [1.82, 2.24) is 4.98 Å². The smallest absolute Gasteiger partial charge is 0.310 e. The van der Waals surface area contributed by atoms with Crippen LogP contribution in [0.4, 0.5) is 0 Å². The number of aryl methyl sites for hydroxylation is 2. The van der Waals surface area contributed by atoms with E-state index in [0.29, 0.717) is 17.2 Å². The van der Waals surface area contributed by atoms with Crippen molar-refractivity contribution < 1.29 is 18.7 Å². The van der Waals surface area contributed by atoms with E-state index in [0.717, 1.165) is 11.3 Å². The molecule has 21 heavy (non-hydrogen) atoms. The topological polar surface area (TPSA) is 95.4 Å². The third kappa shape index (κ3) is 3.92. The van der Waals surface area contributed by atoms with Crippen LogP contribution < -0.4 is 5.73 Å². The molecule has 0 aliphatic heterocycles. The Bertz CT molecular complexity index is 639. The van der Waals surface area contributed by atoms with Crippen LogP contribution in [-0.4, -0.2) is 16.9 Å². The van der Waals surface area contributed by atoms with E-state index in [2.05, 4.69) is 4.98 Å². The van der Waals surface area contributed by atoms with Crippen LogP contribution in [-0.2, 0) is 22.6 Å². The number of ether oxygens (including phenoxy) is 1. The maximum atomic E-state index is 11.7. The minimum atomic E-state index is -0.501. The van der Waals surface area contributed by atoms with Gasteiger partial charge in [-0.15, -0.1) is 0 Å². The monoisotopic (exact) mass is 288 g/mol. The van der Waals surface area contributed by atoms with Crippen molar-refractivity contribution in [1.29, 1.82) is 0 Å². The van der Waals surface area contributed by atoms with Gasteiger partial charge >= 0.3 is 5.97 Å². The molecular formula is C15H16N2O4. The number of hydrogen-bond acceptors (Lipinski definition) is 5. The van der Waals surface area contributed by atoms with Gasteiger partial charge in [0.05, 0.1) is 12.1 Å². The summed E-state index contributed by atoms with van der Waals surface area (Å²) in [6, 6.07) is 6.49. The van der Waals surface area contributed by atoms with E-state index in [9.17, 15) is 9.59 Å². The predicted molar refractivity (Wildman–Crippen MR) is 74.4 cm³/mol. The number of carbonyl (C=O) groups excluding carboxylic acids is 2. The van der Waals surface area contributed by atoms with Crippen LogP contribution in [0.25, 0.3) is 0 Å². The molecule has 0 unspecified atom stereocenters. The molecule has 0 fully saturated rings. The van der Waals surface area contributed by atoms with Crippen molar-refractivity contribution in [2.24, 2.45) is 5.73 Å². The molecule has 1 heterocycles. The Morgan fingerprint density at radius 2 is 1.90 bits per heavy atom. The summed E-state index contributed by atoms with van der Waals surface area (Å²) in [5.74, 6) is 0.194. The Kier molecular flexibility index (Phi) is 4.37. The fourth-order valence-electron chi connectivity index (χ4n) is 1.75. The van der Waals surface area contributed by atoms with Crippen LogP contribution in [0.1, 0.15) is 33.3 Å². The minimum Gasteiger partial charge on any atom is -0.455 e. The van der Waals surface area contributed by atoms with Gasteiger partial charge in [-0.1, -0.05) is 12.1 Å². The van der Waals surface area contributed by atoms with Gasteiger partial charge in [0.1, 0.15) is 5.76 Å². The van der Waals surface area contributed by atoms with Gasteiger partial charge in [0.2, 0.25) is 11.8 Å². The zero-order valence-corrected chi connectivity index (χ0v) is 11.9. The largest absolute Gasteiger partial charge is 0.455 e. The molecule has 0 radical (unpaired) electrons. The standard InChI is InChI=1S/C15H16N2O4/c1-9-10(2)21-13(17-9)8-20-14(18)7-11-3-5-12(6-4-11)15(16)19/h3-6H,7-8H2,1-2H3,(H2,16,19). The zero-order valence-electron chi connectivity index (χ0n) is 11.9. The van der Waals surface area contributed by atoms with Crippen LogP contribution in [0, 0.1) is 13.8 Å². The summed E-state index contributed by atoms with van der Waals surface area (Å²) < 4.78 is 10.4. The number of amides is 1. The molecule has 1 amide bonds. The Balaban J connectivity index is 1.88. The number of nitrogens with zero attached hydrogens (tertiary/aromatic N) is 1. The molecule has 2 aromatic rings. The second-order valence-electron chi connectivity index (χ2n) is 4.65. The van der Waals surface area contributed by atoms with E-state index >= 15 is 0 Å². The Hall–Kier alpha value is -2.63. The van der Waals surface area contributed by atoms with Crippen molar-refractivity contribution in [2.45, 2.75) is 26.9 Å². The molecule has 6 heteroatoms. The van der Waals surface area contributed by atoms with Gasteiger partial charge in [-0.2, -0.15) is 0 Å². The van der Waals surface area contributed by atoms with Gasteiger partial charge in [0.25, 0.3) is 0 Å². The highest BCUT2D eigenvalue weighted by Crippen LogP contribution is 2.10. The lowest BCUT2D eigenvalue weighted by molar-refractivity contribution is -0.144. The lowest BCUT2D eigenvalue weighted by Gasteiger charge is -2.03. The summed E-state index contributed by atoms with van der Waals surface area (Å²) in [5, 5.41) is 0. The van der Waals surface area contributed by atoms with Gasteiger partial charge in [-0.25, -0.2) is 4.98 Å². The molecule has 2 N–H and O–H groups in total. The summed E-state index contributed by atoms with van der Waals surface area (Å²) in [6.45, 7) is 3.63. The third-order valence-electron chi connectivity index (χ3n) is 3.02. The molecule has 0 saturated carbocycles. The van der Waals surface area contributed by atoms with Gasteiger partial charge in [-0.05, 0) is 31.5 Å². The third-order valence-corrected chi connectivity index (χ3v) is 3.02. The molecule has 0 aliphatic carbocycles. The molecule has 0 bridgehead atoms. The number of aromatic nitrogens is 1. The van der Waals surface area contributed by atoms with Crippen molar-refractivity contribution in [3.05, 3.63) is 52.7 Å². The van der Waals surface area contributed by atoms with Crippen molar-refractivity contribution in [3.63, 3.8) is 0 Å². The second-order valence-corrected chi connectivity index (χ2v) is 4.65. The lowest BCUT2D eigenvalue weighted by Crippen LogP contribution is -2.11. The molecule has 1 aromatic carbocycles. The molecule has 110 valence electrons. The number of rotatable bonds is 5. The normalized spacial score (nSPS) is 10.4. The fourth-order valence-corrected chi connectivity index (χ4v) is 1.75. The van der Waals surface area contributed by atoms with Gasteiger partial charge in [0, 0.05) is 5.56 Å². The zero-order chi connectivity index (χ0) is 15.4. The summed E-state index contributed by atoms with van der Waals surface area (Å²) in [6.07, 6.45) is 0.109. The fraction of sp³-hybridized carbons (Fsp3) is 0.267. The minimum absolute atomic E-state index is 0.00683. The van der Waals surface area contributed by atoms with Crippen LogP contribution in [0.2, 0.25) is 0 Å². The molecule has 1 aromatic heterocycles. The molecule has 0 atom stereocenters. The lowest BCUT2D eigenvalue weighted by atomic mass is 10.1. The molecule has 0 aliphatic rings. The molecule has 0 saturated heterocycles. The Labute approximate surface area is 121 Å². The van der Waals surface area contributed by atoms with E-state index in [1.165, 1.54) is 0 Å². The summed E-state index contributed by atoms with van der Waals surface area (Å²) >= 11 is 0. The van der Waals surface area contributed by atoms with E-state index < -0.39 is 11.9 Å². The van der Waals surface area contributed by atoms with E-state index in [1.807, 2.05) is 6.92 Å². The van der Waals surface area contributed by atoms with E-state index in [-0.39, 0.29) is 13.0 Å². The van der Waals surface area contributed by atoms with Crippen LogP contribution in [0.5, 0.6) is 0 Å². The average Bonchev–Trinajstić information content (AvgIpc) is 2.76. The molecule has 2 rings (SSSR count).